The van der Waals surface area contributed by atoms with Gasteiger partial charge in [-0.15, -0.1) is 0 Å². The van der Waals surface area contributed by atoms with Crippen molar-refractivity contribution in [3.05, 3.63) is 41.7 Å². The fraction of sp³-hybridized carbons (Fsp3) is 0.375. The normalized spacial score (nSPS) is 10.7. The van der Waals surface area contributed by atoms with Crippen LogP contribution in [-0.4, -0.2) is 50.7 Å². The molecule has 0 aliphatic carbocycles. The van der Waals surface area contributed by atoms with Crippen molar-refractivity contribution in [2.75, 3.05) is 33.9 Å². The highest BCUT2D eigenvalue weighted by Gasteiger charge is 2.12. The first kappa shape index (κ1) is 17.8. The fourth-order valence-electron chi connectivity index (χ4n) is 1.75. The Morgan fingerprint density at radius 3 is 2.68 bits per heavy atom. The molecule has 6 heteroatoms. The number of hydrogen-bond donors (Lipinski definition) is 0. The zero-order valence-electron chi connectivity index (χ0n) is 12.8. The molecule has 0 unspecified atom stereocenters. The van der Waals surface area contributed by atoms with Crippen molar-refractivity contribution >= 4 is 18.0 Å². The zero-order chi connectivity index (χ0) is 16.4. The number of rotatable bonds is 8. The summed E-state index contributed by atoms with van der Waals surface area (Å²) < 4.78 is 22.6. The van der Waals surface area contributed by atoms with E-state index in [0.29, 0.717) is 18.7 Å². The third-order valence-corrected chi connectivity index (χ3v) is 2.96. The molecule has 1 amide bonds. The van der Waals surface area contributed by atoms with Crippen molar-refractivity contribution in [1.29, 1.82) is 0 Å². The molecule has 1 aromatic carbocycles. The number of ether oxygens (including phenoxy) is 2. The van der Waals surface area contributed by atoms with Gasteiger partial charge in [-0.3, -0.25) is 9.59 Å². The molecule has 1 rings (SSSR count). The predicted octanol–water partition coefficient (Wildman–Crippen LogP) is 1.88. The average molecular weight is 309 g/mol. The van der Waals surface area contributed by atoms with Crippen LogP contribution in [0.25, 0.3) is 6.08 Å². The number of hydrogen-bond acceptors (Lipinski definition) is 4. The van der Waals surface area contributed by atoms with Crippen LogP contribution < -0.4 is 0 Å². The van der Waals surface area contributed by atoms with Gasteiger partial charge >= 0.3 is 5.97 Å². The highest BCUT2D eigenvalue weighted by atomic mass is 19.1. The highest BCUT2D eigenvalue weighted by Crippen LogP contribution is 2.06. The summed E-state index contributed by atoms with van der Waals surface area (Å²) in [6, 6.07) is 5.93. The van der Waals surface area contributed by atoms with Crippen LogP contribution in [0.5, 0.6) is 0 Å². The Kier molecular flexibility index (Phi) is 7.85. The van der Waals surface area contributed by atoms with Gasteiger partial charge in [0.25, 0.3) is 0 Å². The van der Waals surface area contributed by atoms with E-state index in [9.17, 15) is 14.0 Å². The van der Waals surface area contributed by atoms with Crippen molar-refractivity contribution in [3.8, 4) is 0 Å². The molecule has 0 saturated carbocycles. The first-order valence-corrected chi connectivity index (χ1v) is 6.85. The van der Waals surface area contributed by atoms with E-state index in [1.807, 2.05) is 0 Å². The molecular formula is C16H20FNO4. The van der Waals surface area contributed by atoms with Gasteiger partial charge in [-0.25, -0.2) is 4.39 Å². The summed E-state index contributed by atoms with van der Waals surface area (Å²) >= 11 is 0. The molecule has 0 N–H and O–H groups in total. The first-order chi connectivity index (χ1) is 10.6. The molecule has 0 aliphatic rings. The van der Waals surface area contributed by atoms with E-state index in [-0.39, 0.29) is 30.7 Å². The van der Waals surface area contributed by atoms with E-state index in [1.165, 1.54) is 43.4 Å². The summed E-state index contributed by atoms with van der Waals surface area (Å²) in [4.78, 5) is 24.8. The third-order valence-electron chi connectivity index (χ3n) is 2.96. The Morgan fingerprint density at radius 2 is 2.05 bits per heavy atom. The first-order valence-electron chi connectivity index (χ1n) is 6.85. The van der Waals surface area contributed by atoms with E-state index >= 15 is 0 Å². The summed E-state index contributed by atoms with van der Waals surface area (Å²) in [6.07, 6.45) is 2.99. The van der Waals surface area contributed by atoms with Gasteiger partial charge in [0.15, 0.2) is 0 Å². The van der Waals surface area contributed by atoms with Crippen LogP contribution in [0.1, 0.15) is 12.0 Å². The Bertz CT molecular complexity index is 531. The highest BCUT2D eigenvalue weighted by molar-refractivity contribution is 5.92. The number of benzene rings is 1. The maximum absolute atomic E-state index is 13.1. The maximum atomic E-state index is 13.1. The van der Waals surface area contributed by atoms with Gasteiger partial charge in [-0.2, -0.15) is 0 Å². The van der Waals surface area contributed by atoms with E-state index in [4.69, 9.17) is 4.74 Å². The van der Waals surface area contributed by atoms with Crippen LogP contribution in [0.3, 0.4) is 0 Å². The van der Waals surface area contributed by atoms with Gasteiger partial charge < -0.3 is 14.4 Å². The molecule has 0 spiro atoms. The van der Waals surface area contributed by atoms with Crippen LogP contribution in [0.2, 0.25) is 0 Å². The van der Waals surface area contributed by atoms with E-state index in [0.717, 1.165) is 0 Å². The molecule has 0 aromatic heterocycles. The lowest BCUT2D eigenvalue weighted by molar-refractivity contribution is -0.141. The molecule has 0 bridgehead atoms. The van der Waals surface area contributed by atoms with Crippen LogP contribution >= 0.6 is 0 Å². The summed E-state index contributed by atoms with van der Waals surface area (Å²) in [5, 5.41) is 0. The molecule has 120 valence electrons. The molecule has 0 saturated heterocycles. The SMILES string of the molecule is COCCN(CCC(=O)OC)C(=O)/C=C/c1cccc(F)c1. The summed E-state index contributed by atoms with van der Waals surface area (Å²) in [7, 11) is 2.83. The van der Waals surface area contributed by atoms with Gasteiger partial charge in [-0.1, -0.05) is 12.1 Å². The summed E-state index contributed by atoms with van der Waals surface area (Å²) in [6.45, 7) is 0.961. The van der Waals surface area contributed by atoms with Crippen molar-refractivity contribution in [3.63, 3.8) is 0 Å². The van der Waals surface area contributed by atoms with Gasteiger partial charge in [0.05, 0.1) is 20.1 Å². The summed E-state index contributed by atoms with van der Waals surface area (Å²) in [5.41, 5.74) is 0.591. The molecule has 22 heavy (non-hydrogen) atoms. The summed E-state index contributed by atoms with van der Waals surface area (Å²) in [5.74, 6) is -1.02. The van der Waals surface area contributed by atoms with E-state index in [1.54, 1.807) is 12.1 Å². The van der Waals surface area contributed by atoms with Crippen LogP contribution in [-0.2, 0) is 19.1 Å². The number of nitrogens with zero attached hydrogens (tertiary/aromatic N) is 1. The molecule has 1 aromatic rings. The van der Waals surface area contributed by atoms with Crippen molar-refractivity contribution in [2.45, 2.75) is 6.42 Å². The lowest BCUT2D eigenvalue weighted by atomic mass is 10.2. The van der Waals surface area contributed by atoms with E-state index < -0.39 is 0 Å². The number of amides is 1. The smallest absolute Gasteiger partial charge is 0.307 e. The number of methoxy groups -OCH3 is 2. The standard InChI is InChI=1S/C16H20FNO4/c1-21-11-10-18(9-8-16(20)22-2)15(19)7-6-13-4-3-5-14(17)12-13/h3-7,12H,8-11H2,1-2H3/b7-6+. The quantitative estimate of drug-likeness (QED) is 0.543. The topological polar surface area (TPSA) is 55.8 Å². The zero-order valence-corrected chi connectivity index (χ0v) is 12.8. The fourth-order valence-corrected chi connectivity index (χ4v) is 1.75. The molecule has 0 fully saturated rings. The molecule has 0 radical (unpaired) electrons. The van der Waals surface area contributed by atoms with Crippen LogP contribution in [0.4, 0.5) is 4.39 Å². The molecule has 5 nitrogen and oxygen atoms in total. The van der Waals surface area contributed by atoms with Crippen LogP contribution in [0, 0.1) is 5.82 Å². The Balaban J connectivity index is 2.67. The minimum Gasteiger partial charge on any atom is -0.469 e. The number of carbonyl (C=O) groups is 2. The third kappa shape index (κ3) is 6.49. The second-order valence-electron chi connectivity index (χ2n) is 4.53. The second kappa shape index (κ2) is 9.68. The molecule has 0 atom stereocenters. The van der Waals surface area contributed by atoms with E-state index in [2.05, 4.69) is 4.74 Å². The van der Waals surface area contributed by atoms with Crippen molar-refractivity contribution < 1.29 is 23.5 Å². The average Bonchev–Trinajstić information content (AvgIpc) is 2.52. The largest absolute Gasteiger partial charge is 0.469 e. The molecule has 0 heterocycles. The van der Waals surface area contributed by atoms with Gasteiger partial charge in [0.2, 0.25) is 5.91 Å². The minimum absolute atomic E-state index is 0.111. The Labute approximate surface area is 129 Å². The Hall–Kier alpha value is -2.21. The number of esters is 1. The monoisotopic (exact) mass is 309 g/mol. The lowest BCUT2D eigenvalue weighted by Crippen LogP contribution is -2.34. The lowest BCUT2D eigenvalue weighted by Gasteiger charge is -2.20. The molecular weight excluding hydrogens is 289 g/mol. The number of carbonyl (C=O) groups excluding carboxylic acids is 2. The second-order valence-corrected chi connectivity index (χ2v) is 4.53. The molecule has 0 aliphatic heterocycles. The van der Waals surface area contributed by atoms with Crippen molar-refractivity contribution in [1.82, 2.24) is 4.90 Å². The van der Waals surface area contributed by atoms with Gasteiger partial charge in [-0.05, 0) is 23.8 Å². The number of halogens is 1. The maximum Gasteiger partial charge on any atom is 0.307 e. The van der Waals surface area contributed by atoms with Crippen LogP contribution in [0.15, 0.2) is 30.3 Å². The Morgan fingerprint density at radius 1 is 1.27 bits per heavy atom. The van der Waals surface area contributed by atoms with Gasteiger partial charge in [0, 0.05) is 26.3 Å². The predicted molar refractivity (Wildman–Crippen MR) is 80.5 cm³/mol. The van der Waals surface area contributed by atoms with Crippen molar-refractivity contribution in [2.24, 2.45) is 0 Å². The van der Waals surface area contributed by atoms with Gasteiger partial charge in [0.1, 0.15) is 5.82 Å². The minimum atomic E-state index is -0.385.